The van der Waals surface area contributed by atoms with Gasteiger partial charge in [-0.2, -0.15) is 0 Å². The van der Waals surface area contributed by atoms with Gasteiger partial charge in [0.15, 0.2) is 5.96 Å². The lowest BCUT2D eigenvalue weighted by molar-refractivity contribution is 0.0907. The molecule has 0 aromatic heterocycles. The van der Waals surface area contributed by atoms with Crippen LogP contribution in [0.15, 0.2) is 35.3 Å². The molecule has 0 amide bonds. The van der Waals surface area contributed by atoms with E-state index in [9.17, 15) is 8.42 Å². The van der Waals surface area contributed by atoms with E-state index in [1.807, 2.05) is 18.2 Å². The number of aliphatic imine (C=N–C) groups is 1. The number of ether oxygens (including phenoxy) is 1. The van der Waals surface area contributed by atoms with Gasteiger partial charge in [-0.1, -0.05) is 30.3 Å². The minimum atomic E-state index is -2.90. The molecule has 1 fully saturated rings. The third kappa shape index (κ3) is 7.44. The molecule has 1 atom stereocenters. The molecular weight excluding hydrogens is 338 g/mol. The second-order valence-electron chi connectivity index (χ2n) is 6.56. The highest BCUT2D eigenvalue weighted by atomic mass is 32.2. The molecule has 1 unspecified atom stereocenters. The van der Waals surface area contributed by atoms with Crippen molar-refractivity contribution in [1.82, 2.24) is 10.2 Å². The van der Waals surface area contributed by atoms with Gasteiger partial charge in [-0.05, 0) is 18.4 Å². The van der Waals surface area contributed by atoms with Crippen LogP contribution in [0.1, 0.15) is 18.4 Å². The SMILES string of the molecule is CN=C(NCCCS(C)(=O)=O)N1CCC(COCc2ccccc2)C1. The van der Waals surface area contributed by atoms with E-state index in [2.05, 4.69) is 27.3 Å². The van der Waals surface area contributed by atoms with Crippen LogP contribution in [0, 0.1) is 5.92 Å². The van der Waals surface area contributed by atoms with Gasteiger partial charge in [0, 0.05) is 38.9 Å². The molecule has 1 saturated heterocycles. The second-order valence-corrected chi connectivity index (χ2v) is 8.82. The Hall–Kier alpha value is -1.60. The van der Waals surface area contributed by atoms with Crippen molar-refractivity contribution in [3.63, 3.8) is 0 Å². The molecule has 1 aliphatic heterocycles. The van der Waals surface area contributed by atoms with Crippen molar-refractivity contribution in [3.05, 3.63) is 35.9 Å². The number of nitrogens with zero attached hydrogens (tertiary/aromatic N) is 2. The molecule has 25 heavy (non-hydrogen) atoms. The maximum Gasteiger partial charge on any atom is 0.193 e. The van der Waals surface area contributed by atoms with Crippen molar-refractivity contribution in [3.8, 4) is 0 Å². The molecule has 0 spiro atoms. The lowest BCUT2D eigenvalue weighted by Gasteiger charge is -2.21. The highest BCUT2D eigenvalue weighted by Gasteiger charge is 2.24. The lowest BCUT2D eigenvalue weighted by atomic mass is 10.1. The van der Waals surface area contributed by atoms with Crippen LogP contribution in [-0.2, 0) is 21.2 Å². The Kier molecular flexibility index (Phi) is 7.71. The van der Waals surface area contributed by atoms with E-state index in [1.54, 1.807) is 7.05 Å². The molecule has 0 aliphatic carbocycles. The first-order chi connectivity index (χ1) is 12.0. The van der Waals surface area contributed by atoms with Gasteiger partial charge in [-0.25, -0.2) is 8.42 Å². The van der Waals surface area contributed by atoms with Gasteiger partial charge in [-0.15, -0.1) is 0 Å². The highest BCUT2D eigenvalue weighted by molar-refractivity contribution is 7.90. The predicted molar refractivity (Wildman–Crippen MR) is 101 cm³/mol. The van der Waals surface area contributed by atoms with Gasteiger partial charge in [0.1, 0.15) is 9.84 Å². The summed E-state index contributed by atoms with van der Waals surface area (Å²) < 4.78 is 28.2. The zero-order valence-electron chi connectivity index (χ0n) is 15.1. The molecule has 7 heteroatoms. The first-order valence-electron chi connectivity index (χ1n) is 8.73. The van der Waals surface area contributed by atoms with Crippen LogP contribution in [0.25, 0.3) is 0 Å². The fourth-order valence-corrected chi connectivity index (χ4v) is 3.61. The van der Waals surface area contributed by atoms with E-state index in [1.165, 1.54) is 11.8 Å². The Morgan fingerprint density at radius 2 is 2.12 bits per heavy atom. The number of benzene rings is 1. The third-order valence-electron chi connectivity index (χ3n) is 4.24. The first kappa shape index (κ1) is 19.7. The summed E-state index contributed by atoms with van der Waals surface area (Å²) in [4.78, 5) is 6.53. The summed E-state index contributed by atoms with van der Waals surface area (Å²) in [6, 6.07) is 10.2. The molecule has 140 valence electrons. The molecule has 0 bridgehead atoms. The van der Waals surface area contributed by atoms with Crippen LogP contribution in [0.5, 0.6) is 0 Å². The molecule has 6 nitrogen and oxygen atoms in total. The van der Waals surface area contributed by atoms with Crippen LogP contribution in [0.3, 0.4) is 0 Å². The summed E-state index contributed by atoms with van der Waals surface area (Å²) in [5.74, 6) is 1.55. The van der Waals surface area contributed by atoms with Crippen LogP contribution in [0.4, 0.5) is 0 Å². The van der Waals surface area contributed by atoms with Crippen LogP contribution < -0.4 is 5.32 Å². The number of likely N-dealkylation sites (tertiary alicyclic amines) is 1. The standard InChI is InChI=1S/C18H29N3O3S/c1-19-18(20-10-6-12-25(2,22)23)21-11-9-17(13-21)15-24-14-16-7-4-3-5-8-16/h3-5,7-8,17H,6,9-15H2,1-2H3,(H,19,20). The van der Waals surface area contributed by atoms with E-state index in [4.69, 9.17) is 4.74 Å². The maximum atomic E-state index is 11.2. The Balaban J connectivity index is 1.67. The monoisotopic (exact) mass is 367 g/mol. The lowest BCUT2D eigenvalue weighted by Crippen LogP contribution is -2.41. The number of hydrogen-bond acceptors (Lipinski definition) is 4. The molecule has 1 N–H and O–H groups in total. The van der Waals surface area contributed by atoms with Crippen molar-refractivity contribution in [1.29, 1.82) is 0 Å². The minimum Gasteiger partial charge on any atom is -0.376 e. The average molecular weight is 368 g/mol. The number of hydrogen-bond donors (Lipinski definition) is 1. The van der Waals surface area contributed by atoms with E-state index in [-0.39, 0.29) is 5.75 Å². The van der Waals surface area contributed by atoms with Crippen molar-refractivity contribution in [2.24, 2.45) is 10.9 Å². The Morgan fingerprint density at radius 1 is 1.36 bits per heavy atom. The minimum absolute atomic E-state index is 0.201. The Labute approximate surface area is 151 Å². The third-order valence-corrected chi connectivity index (χ3v) is 5.27. The summed E-state index contributed by atoms with van der Waals surface area (Å²) in [7, 11) is -1.14. The van der Waals surface area contributed by atoms with Crippen molar-refractivity contribution in [2.75, 3.05) is 45.3 Å². The zero-order chi connectivity index (χ0) is 18.1. The van der Waals surface area contributed by atoms with E-state index in [0.29, 0.717) is 25.5 Å². The van der Waals surface area contributed by atoms with E-state index >= 15 is 0 Å². The van der Waals surface area contributed by atoms with Crippen LogP contribution in [0.2, 0.25) is 0 Å². The van der Waals surface area contributed by atoms with Crippen LogP contribution in [-0.4, -0.2) is 64.6 Å². The molecule has 1 aromatic carbocycles. The second kappa shape index (κ2) is 9.77. The number of sulfone groups is 1. The van der Waals surface area contributed by atoms with E-state index < -0.39 is 9.84 Å². The molecule has 1 aromatic rings. The van der Waals surface area contributed by atoms with Crippen molar-refractivity contribution < 1.29 is 13.2 Å². The first-order valence-corrected chi connectivity index (χ1v) is 10.8. The molecule has 0 radical (unpaired) electrons. The molecule has 1 heterocycles. The Morgan fingerprint density at radius 3 is 2.80 bits per heavy atom. The summed E-state index contributed by atoms with van der Waals surface area (Å²) in [6.45, 7) is 3.88. The van der Waals surface area contributed by atoms with Gasteiger partial charge >= 0.3 is 0 Å². The van der Waals surface area contributed by atoms with Gasteiger partial charge < -0.3 is 15.0 Å². The molecule has 0 saturated carbocycles. The number of rotatable bonds is 8. The fraction of sp³-hybridized carbons (Fsp3) is 0.611. The molecule has 1 aliphatic rings. The van der Waals surface area contributed by atoms with Gasteiger partial charge in [0.25, 0.3) is 0 Å². The molecule has 2 rings (SSSR count). The maximum absolute atomic E-state index is 11.2. The fourth-order valence-electron chi connectivity index (χ4n) is 2.95. The topological polar surface area (TPSA) is 71.0 Å². The number of nitrogens with one attached hydrogen (secondary N) is 1. The summed E-state index contributed by atoms with van der Waals surface area (Å²) in [6.07, 6.45) is 2.94. The van der Waals surface area contributed by atoms with Gasteiger partial charge in [0.05, 0.1) is 19.0 Å². The average Bonchev–Trinajstić information content (AvgIpc) is 3.03. The van der Waals surface area contributed by atoms with E-state index in [0.717, 1.165) is 32.1 Å². The smallest absolute Gasteiger partial charge is 0.193 e. The molecular formula is C18H29N3O3S. The largest absolute Gasteiger partial charge is 0.376 e. The Bertz CT molecular complexity index is 647. The highest BCUT2D eigenvalue weighted by Crippen LogP contribution is 2.17. The summed E-state index contributed by atoms with van der Waals surface area (Å²) in [5, 5.41) is 3.26. The summed E-state index contributed by atoms with van der Waals surface area (Å²) >= 11 is 0. The summed E-state index contributed by atoms with van der Waals surface area (Å²) in [5.41, 5.74) is 1.20. The van der Waals surface area contributed by atoms with Crippen molar-refractivity contribution >= 4 is 15.8 Å². The number of guanidine groups is 1. The normalized spacial score (nSPS) is 18.6. The zero-order valence-corrected chi connectivity index (χ0v) is 16.0. The van der Waals surface area contributed by atoms with Gasteiger partial charge in [-0.3, -0.25) is 4.99 Å². The van der Waals surface area contributed by atoms with Crippen LogP contribution >= 0.6 is 0 Å². The van der Waals surface area contributed by atoms with Gasteiger partial charge in [0.2, 0.25) is 0 Å². The van der Waals surface area contributed by atoms with Crippen molar-refractivity contribution in [2.45, 2.75) is 19.4 Å². The predicted octanol–water partition coefficient (Wildman–Crippen LogP) is 1.54. The quantitative estimate of drug-likeness (QED) is 0.429.